The molecular formula is C10H16Br2N2S. The summed E-state index contributed by atoms with van der Waals surface area (Å²) in [5.74, 6) is 5.57. The monoisotopic (exact) mass is 354 g/mol. The van der Waals surface area contributed by atoms with E-state index in [0.717, 1.165) is 14.7 Å². The quantitative estimate of drug-likeness (QED) is 0.452. The van der Waals surface area contributed by atoms with Gasteiger partial charge in [0, 0.05) is 9.35 Å². The second-order valence-corrected chi connectivity index (χ2v) is 6.74. The van der Waals surface area contributed by atoms with Crippen molar-refractivity contribution in [2.45, 2.75) is 38.6 Å². The van der Waals surface area contributed by atoms with Gasteiger partial charge in [-0.1, -0.05) is 26.2 Å². The summed E-state index contributed by atoms with van der Waals surface area (Å²) >= 11 is 8.72. The van der Waals surface area contributed by atoms with Crippen LogP contribution in [0, 0.1) is 0 Å². The second kappa shape index (κ2) is 7.01. The third-order valence-corrected chi connectivity index (χ3v) is 5.68. The molecule has 15 heavy (non-hydrogen) atoms. The van der Waals surface area contributed by atoms with Gasteiger partial charge in [0.15, 0.2) is 0 Å². The average molecular weight is 356 g/mol. The Kier molecular flexibility index (Phi) is 6.38. The van der Waals surface area contributed by atoms with Crippen LogP contribution in [0.25, 0.3) is 0 Å². The molecule has 2 nitrogen and oxygen atoms in total. The van der Waals surface area contributed by atoms with Gasteiger partial charge < -0.3 is 0 Å². The minimum atomic E-state index is 0.282. The summed E-state index contributed by atoms with van der Waals surface area (Å²) in [5.41, 5.74) is 2.89. The largest absolute Gasteiger partial charge is 0.271 e. The van der Waals surface area contributed by atoms with Crippen molar-refractivity contribution in [3.8, 4) is 0 Å². The average Bonchev–Trinajstić information content (AvgIpc) is 2.54. The molecule has 3 N–H and O–H groups in total. The van der Waals surface area contributed by atoms with E-state index in [9.17, 15) is 0 Å². The lowest BCUT2D eigenvalue weighted by molar-refractivity contribution is 0.493. The SMILES string of the molecule is CCCCCC(NN)c1cc(Br)c(Br)s1. The molecule has 0 aliphatic carbocycles. The van der Waals surface area contributed by atoms with Crippen LogP contribution in [0.1, 0.15) is 43.5 Å². The number of unbranched alkanes of at least 4 members (excludes halogenated alkanes) is 2. The van der Waals surface area contributed by atoms with Gasteiger partial charge in [-0.3, -0.25) is 11.3 Å². The minimum absolute atomic E-state index is 0.282. The highest BCUT2D eigenvalue weighted by molar-refractivity contribution is 9.13. The molecule has 86 valence electrons. The Morgan fingerprint density at radius 2 is 2.20 bits per heavy atom. The van der Waals surface area contributed by atoms with Gasteiger partial charge >= 0.3 is 0 Å². The van der Waals surface area contributed by atoms with Crippen molar-refractivity contribution in [3.63, 3.8) is 0 Å². The van der Waals surface area contributed by atoms with Crippen LogP contribution in [0.4, 0.5) is 0 Å². The molecule has 0 fully saturated rings. The second-order valence-electron chi connectivity index (χ2n) is 3.49. The summed E-state index contributed by atoms with van der Waals surface area (Å²) < 4.78 is 2.24. The maximum Gasteiger partial charge on any atom is 0.0843 e. The summed E-state index contributed by atoms with van der Waals surface area (Å²) in [6.07, 6.45) is 4.84. The van der Waals surface area contributed by atoms with Crippen LogP contribution < -0.4 is 11.3 Å². The van der Waals surface area contributed by atoms with E-state index in [1.54, 1.807) is 11.3 Å². The first-order valence-electron chi connectivity index (χ1n) is 5.09. The van der Waals surface area contributed by atoms with Gasteiger partial charge in [0.25, 0.3) is 0 Å². The van der Waals surface area contributed by atoms with Gasteiger partial charge in [0.05, 0.1) is 9.83 Å². The van der Waals surface area contributed by atoms with Crippen LogP contribution in [0.2, 0.25) is 0 Å². The van der Waals surface area contributed by atoms with Crippen LogP contribution in [0.5, 0.6) is 0 Å². The lowest BCUT2D eigenvalue weighted by Gasteiger charge is -2.13. The Labute approximate surface area is 112 Å². The van der Waals surface area contributed by atoms with E-state index in [0.29, 0.717) is 0 Å². The topological polar surface area (TPSA) is 38.0 Å². The van der Waals surface area contributed by atoms with Gasteiger partial charge in [0.1, 0.15) is 0 Å². The van der Waals surface area contributed by atoms with Crippen molar-refractivity contribution in [1.82, 2.24) is 5.43 Å². The van der Waals surface area contributed by atoms with E-state index < -0.39 is 0 Å². The summed E-state index contributed by atoms with van der Waals surface area (Å²) in [5, 5.41) is 0. The molecule has 1 unspecified atom stereocenters. The summed E-state index contributed by atoms with van der Waals surface area (Å²) in [6.45, 7) is 2.21. The fraction of sp³-hybridized carbons (Fsp3) is 0.600. The molecule has 0 spiro atoms. The van der Waals surface area contributed by atoms with Gasteiger partial charge in [-0.25, -0.2) is 0 Å². The third kappa shape index (κ3) is 4.15. The van der Waals surface area contributed by atoms with E-state index >= 15 is 0 Å². The lowest BCUT2D eigenvalue weighted by atomic mass is 10.1. The van der Waals surface area contributed by atoms with Crippen LogP contribution >= 0.6 is 43.2 Å². The zero-order valence-electron chi connectivity index (χ0n) is 8.72. The standard InChI is InChI=1S/C10H16Br2N2S/c1-2-3-4-5-8(14-13)9-6-7(11)10(12)15-9/h6,8,14H,2-5,13H2,1H3. The number of nitrogens with one attached hydrogen (secondary N) is 1. The molecule has 5 heteroatoms. The normalized spacial score (nSPS) is 13.1. The Bertz CT molecular complexity index is 282. The third-order valence-electron chi connectivity index (χ3n) is 2.31. The number of hydrogen-bond acceptors (Lipinski definition) is 3. The van der Waals surface area contributed by atoms with Crippen LogP contribution in [0.15, 0.2) is 14.3 Å². The fourth-order valence-electron chi connectivity index (χ4n) is 1.44. The maximum absolute atomic E-state index is 5.57. The molecule has 0 aliphatic rings. The molecule has 0 radical (unpaired) electrons. The predicted molar refractivity (Wildman–Crippen MR) is 73.9 cm³/mol. The van der Waals surface area contributed by atoms with Crippen molar-refractivity contribution < 1.29 is 0 Å². The number of halogens is 2. The van der Waals surface area contributed by atoms with E-state index in [4.69, 9.17) is 5.84 Å². The first-order chi connectivity index (χ1) is 7.19. The van der Waals surface area contributed by atoms with Crippen molar-refractivity contribution in [1.29, 1.82) is 0 Å². The Morgan fingerprint density at radius 1 is 1.47 bits per heavy atom. The van der Waals surface area contributed by atoms with Crippen LogP contribution in [-0.4, -0.2) is 0 Å². The van der Waals surface area contributed by atoms with Crippen molar-refractivity contribution in [2.24, 2.45) is 5.84 Å². The van der Waals surface area contributed by atoms with E-state index in [2.05, 4.69) is 50.3 Å². The minimum Gasteiger partial charge on any atom is -0.271 e. The zero-order valence-corrected chi connectivity index (χ0v) is 12.7. The zero-order chi connectivity index (χ0) is 11.3. The number of rotatable bonds is 6. The Hall–Kier alpha value is 0.580. The maximum atomic E-state index is 5.57. The molecule has 0 saturated heterocycles. The molecule has 1 aromatic rings. The van der Waals surface area contributed by atoms with Crippen LogP contribution in [-0.2, 0) is 0 Å². The number of hydrogen-bond donors (Lipinski definition) is 2. The van der Waals surface area contributed by atoms with Crippen molar-refractivity contribution in [3.05, 3.63) is 19.2 Å². The molecule has 0 aliphatic heterocycles. The predicted octanol–water partition coefficient (Wildman–Crippen LogP) is 4.36. The number of thiophene rings is 1. The van der Waals surface area contributed by atoms with Gasteiger partial charge in [0.2, 0.25) is 0 Å². The fourth-order valence-corrected chi connectivity index (χ4v) is 3.63. The Morgan fingerprint density at radius 3 is 2.67 bits per heavy atom. The van der Waals surface area contributed by atoms with Gasteiger partial charge in [-0.05, 0) is 44.3 Å². The van der Waals surface area contributed by atoms with E-state index in [-0.39, 0.29) is 6.04 Å². The molecule has 1 heterocycles. The smallest absolute Gasteiger partial charge is 0.0843 e. The summed E-state index contributed by atoms with van der Waals surface area (Å²) in [6, 6.07) is 2.41. The first-order valence-corrected chi connectivity index (χ1v) is 7.50. The summed E-state index contributed by atoms with van der Waals surface area (Å²) in [4.78, 5) is 1.28. The van der Waals surface area contributed by atoms with E-state index in [1.165, 1.54) is 24.1 Å². The molecular weight excluding hydrogens is 340 g/mol. The highest BCUT2D eigenvalue weighted by Gasteiger charge is 2.13. The lowest BCUT2D eigenvalue weighted by Crippen LogP contribution is -2.27. The van der Waals surface area contributed by atoms with Crippen molar-refractivity contribution >= 4 is 43.2 Å². The molecule has 0 saturated carbocycles. The van der Waals surface area contributed by atoms with E-state index in [1.807, 2.05) is 0 Å². The highest BCUT2D eigenvalue weighted by atomic mass is 79.9. The highest BCUT2D eigenvalue weighted by Crippen LogP contribution is 2.36. The molecule has 0 amide bonds. The first kappa shape index (κ1) is 13.6. The number of hydrazine groups is 1. The van der Waals surface area contributed by atoms with Crippen molar-refractivity contribution in [2.75, 3.05) is 0 Å². The molecule has 1 atom stereocenters. The van der Waals surface area contributed by atoms with Gasteiger partial charge in [-0.2, -0.15) is 0 Å². The molecule has 1 aromatic heterocycles. The molecule has 0 bridgehead atoms. The summed E-state index contributed by atoms with van der Waals surface area (Å²) in [7, 11) is 0. The molecule has 0 aromatic carbocycles. The van der Waals surface area contributed by atoms with Gasteiger partial charge in [-0.15, -0.1) is 11.3 Å². The Balaban J connectivity index is 2.57. The number of nitrogens with two attached hydrogens (primary N) is 1. The van der Waals surface area contributed by atoms with Crippen LogP contribution in [0.3, 0.4) is 0 Å². The molecule has 1 rings (SSSR count).